The van der Waals surface area contributed by atoms with E-state index in [-0.39, 0.29) is 0 Å². The fourth-order valence-electron chi connectivity index (χ4n) is 0.865. The normalized spacial score (nSPS) is 25.1. The molecule has 4 heteroatoms. The molecule has 0 bridgehead atoms. The zero-order valence-corrected chi connectivity index (χ0v) is 6.85. The van der Waals surface area contributed by atoms with E-state index in [4.69, 9.17) is 0 Å². The van der Waals surface area contributed by atoms with Crippen molar-refractivity contribution in [3.8, 4) is 0 Å². The molecule has 2 nitrogen and oxygen atoms in total. The van der Waals surface area contributed by atoms with E-state index in [1.807, 2.05) is 0 Å². The van der Waals surface area contributed by atoms with Gasteiger partial charge >= 0.3 is 5.81 Å². The standard InChI is InChI=1S/C4H10BBrN2/c1-7-3-4-8(2)5(7)6/h3-4H2,1-2H3. The zero-order valence-electron chi connectivity index (χ0n) is 5.26. The van der Waals surface area contributed by atoms with Crippen molar-refractivity contribution in [3.05, 3.63) is 0 Å². The first-order chi connectivity index (χ1) is 3.72. The molecule has 0 N–H and O–H groups in total. The lowest BCUT2D eigenvalue weighted by Crippen LogP contribution is -2.33. The van der Waals surface area contributed by atoms with Gasteiger partial charge in [-0.2, -0.15) is 0 Å². The molecule has 0 unspecified atom stereocenters. The maximum absolute atomic E-state index is 3.52. The van der Waals surface area contributed by atoms with Gasteiger partial charge in [-0.1, -0.05) is 0 Å². The second kappa shape index (κ2) is 2.37. The van der Waals surface area contributed by atoms with E-state index in [1.54, 1.807) is 0 Å². The first-order valence-corrected chi connectivity index (χ1v) is 3.68. The lowest BCUT2D eigenvalue weighted by Gasteiger charge is -2.11. The molecule has 1 saturated heterocycles. The van der Waals surface area contributed by atoms with Crippen LogP contribution in [0.5, 0.6) is 0 Å². The highest BCUT2D eigenvalue weighted by atomic mass is 79.9. The molecule has 0 amide bonds. The molecule has 0 spiro atoms. The van der Waals surface area contributed by atoms with Crippen molar-refractivity contribution >= 4 is 21.6 Å². The summed E-state index contributed by atoms with van der Waals surface area (Å²) in [6.07, 6.45) is 0. The van der Waals surface area contributed by atoms with E-state index in [1.165, 1.54) is 13.1 Å². The minimum atomic E-state index is 0.461. The van der Waals surface area contributed by atoms with Gasteiger partial charge in [0, 0.05) is 13.1 Å². The Labute approximate surface area is 58.9 Å². The Bertz CT molecular complexity index is 80.1. The van der Waals surface area contributed by atoms with Gasteiger partial charge in [0.05, 0.1) is 0 Å². The van der Waals surface area contributed by atoms with Crippen LogP contribution in [0.1, 0.15) is 0 Å². The van der Waals surface area contributed by atoms with Gasteiger partial charge in [0.15, 0.2) is 0 Å². The van der Waals surface area contributed by atoms with Crippen LogP contribution in [0.15, 0.2) is 0 Å². The van der Waals surface area contributed by atoms with Gasteiger partial charge in [0.25, 0.3) is 0 Å². The number of hydrogen-bond acceptors (Lipinski definition) is 2. The first-order valence-electron chi connectivity index (χ1n) is 2.76. The summed E-state index contributed by atoms with van der Waals surface area (Å²) in [6, 6.07) is 0. The Morgan fingerprint density at radius 1 is 1.25 bits per heavy atom. The molecule has 8 heavy (non-hydrogen) atoms. The summed E-state index contributed by atoms with van der Waals surface area (Å²) < 4.78 is 0. The largest absolute Gasteiger partial charge is 0.390 e. The fourth-order valence-corrected chi connectivity index (χ4v) is 1.27. The Balaban J connectivity index is 2.44. The van der Waals surface area contributed by atoms with Crippen LogP contribution in [-0.2, 0) is 0 Å². The van der Waals surface area contributed by atoms with Crippen LogP contribution in [0.3, 0.4) is 0 Å². The van der Waals surface area contributed by atoms with Crippen LogP contribution < -0.4 is 0 Å². The van der Waals surface area contributed by atoms with Crippen LogP contribution in [0.2, 0.25) is 0 Å². The van der Waals surface area contributed by atoms with Gasteiger partial charge in [-0.15, -0.1) is 15.8 Å². The van der Waals surface area contributed by atoms with E-state index in [2.05, 4.69) is 39.5 Å². The molecule has 0 radical (unpaired) electrons. The van der Waals surface area contributed by atoms with Gasteiger partial charge in [-0.3, -0.25) is 0 Å². The molecular formula is C4H10BBrN2. The summed E-state index contributed by atoms with van der Waals surface area (Å²) >= 11 is 3.52. The third-order valence-corrected chi connectivity index (χ3v) is 2.93. The Morgan fingerprint density at radius 2 is 1.62 bits per heavy atom. The molecule has 1 heterocycles. The Morgan fingerprint density at radius 3 is 1.75 bits per heavy atom. The minimum Gasteiger partial charge on any atom is -0.320 e. The van der Waals surface area contributed by atoms with Crippen LogP contribution in [0.4, 0.5) is 0 Å². The summed E-state index contributed by atoms with van der Waals surface area (Å²) in [6.45, 7) is 2.35. The number of halogens is 1. The van der Waals surface area contributed by atoms with Crippen LogP contribution in [0.25, 0.3) is 0 Å². The molecule has 0 saturated carbocycles. The van der Waals surface area contributed by atoms with Gasteiger partial charge < -0.3 is 9.62 Å². The Hall–Kier alpha value is 0.465. The molecule has 1 fully saturated rings. The predicted octanol–water partition coefficient (Wildman–Crippen LogP) is 0.243. The van der Waals surface area contributed by atoms with Crippen LogP contribution in [-0.4, -0.2) is 42.6 Å². The molecule has 46 valence electrons. The van der Waals surface area contributed by atoms with E-state index in [0.29, 0.717) is 5.81 Å². The Kier molecular flexibility index (Phi) is 1.95. The summed E-state index contributed by atoms with van der Waals surface area (Å²) in [5.41, 5.74) is 0. The number of hydrogen-bond donors (Lipinski definition) is 0. The molecule has 0 aromatic heterocycles. The molecule has 0 aromatic rings. The zero-order chi connectivity index (χ0) is 6.15. The van der Waals surface area contributed by atoms with Crippen molar-refractivity contribution in [1.29, 1.82) is 0 Å². The quantitative estimate of drug-likeness (QED) is 0.489. The summed E-state index contributed by atoms with van der Waals surface area (Å²) in [7, 11) is 4.23. The fraction of sp³-hybridized carbons (Fsp3) is 1.00. The van der Waals surface area contributed by atoms with Crippen molar-refractivity contribution < 1.29 is 0 Å². The van der Waals surface area contributed by atoms with Gasteiger partial charge in [-0.25, -0.2) is 0 Å². The van der Waals surface area contributed by atoms with Gasteiger partial charge in [-0.05, 0) is 14.1 Å². The molecule has 1 aliphatic rings. The molecule has 1 aliphatic heterocycles. The van der Waals surface area contributed by atoms with Crippen LogP contribution in [0, 0.1) is 0 Å². The van der Waals surface area contributed by atoms with Gasteiger partial charge in [0.2, 0.25) is 0 Å². The average molecular weight is 177 g/mol. The van der Waals surface area contributed by atoms with E-state index in [9.17, 15) is 0 Å². The first kappa shape index (κ1) is 6.58. The smallest absolute Gasteiger partial charge is 0.320 e. The van der Waals surface area contributed by atoms with Crippen molar-refractivity contribution in [1.82, 2.24) is 9.62 Å². The van der Waals surface area contributed by atoms with Gasteiger partial charge in [0.1, 0.15) is 0 Å². The second-order valence-corrected chi connectivity index (χ2v) is 3.09. The summed E-state index contributed by atoms with van der Waals surface area (Å²) in [4.78, 5) is 4.53. The summed E-state index contributed by atoms with van der Waals surface area (Å²) in [5.74, 6) is 0.461. The highest BCUT2D eigenvalue weighted by Crippen LogP contribution is 2.09. The average Bonchev–Trinajstić information content (AvgIpc) is 1.98. The highest BCUT2D eigenvalue weighted by Gasteiger charge is 2.28. The predicted molar refractivity (Wildman–Crippen MR) is 39.9 cm³/mol. The maximum atomic E-state index is 3.52. The highest BCUT2D eigenvalue weighted by molar-refractivity contribution is 9.24. The van der Waals surface area contributed by atoms with Crippen molar-refractivity contribution in [2.75, 3.05) is 27.2 Å². The lowest BCUT2D eigenvalue weighted by molar-refractivity contribution is 0.553. The monoisotopic (exact) mass is 176 g/mol. The summed E-state index contributed by atoms with van der Waals surface area (Å²) in [5, 5.41) is 0. The van der Waals surface area contributed by atoms with E-state index in [0.717, 1.165) is 0 Å². The lowest BCUT2D eigenvalue weighted by atomic mass is 10.1. The third kappa shape index (κ3) is 1.06. The molecular weight excluding hydrogens is 167 g/mol. The van der Waals surface area contributed by atoms with Crippen molar-refractivity contribution in [2.45, 2.75) is 0 Å². The topological polar surface area (TPSA) is 6.48 Å². The second-order valence-electron chi connectivity index (χ2n) is 2.27. The minimum absolute atomic E-state index is 0.461. The third-order valence-electron chi connectivity index (χ3n) is 1.53. The number of rotatable bonds is 0. The van der Waals surface area contributed by atoms with Crippen molar-refractivity contribution in [2.24, 2.45) is 0 Å². The molecule has 0 aliphatic carbocycles. The molecule has 0 aromatic carbocycles. The number of nitrogens with zero attached hydrogens (tertiary/aromatic N) is 2. The SMILES string of the molecule is CN1CCN(C)B1Br. The molecule has 0 atom stereocenters. The number of likely N-dealkylation sites (N-methyl/N-ethyl adjacent to an activating group) is 2. The van der Waals surface area contributed by atoms with Crippen LogP contribution >= 0.6 is 15.8 Å². The van der Waals surface area contributed by atoms with E-state index < -0.39 is 0 Å². The maximum Gasteiger partial charge on any atom is 0.390 e. The van der Waals surface area contributed by atoms with Crippen molar-refractivity contribution in [3.63, 3.8) is 0 Å². The van der Waals surface area contributed by atoms with E-state index >= 15 is 0 Å². The molecule has 1 rings (SSSR count).